The Bertz CT molecular complexity index is 373. The minimum absolute atomic E-state index is 0.431. The monoisotopic (exact) mass is 197 g/mol. The molecule has 0 aliphatic carbocycles. The van der Waals surface area contributed by atoms with Crippen molar-refractivity contribution in [3.05, 3.63) is 40.8 Å². The van der Waals surface area contributed by atoms with E-state index in [1.807, 2.05) is 0 Å². The van der Waals surface area contributed by atoms with Crippen molar-refractivity contribution in [1.82, 2.24) is 0 Å². The van der Waals surface area contributed by atoms with Gasteiger partial charge in [0.2, 0.25) is 0 Å². The SMILES string of the molecule is CP(=O)(N=[N+]=[N-])Oc1ccccc1. The summed E-state index contributed by atoms with van der Waals surface area (Å²) in [6.07, 6.45) is 0. The molecule has 0 fully saturated rings. The molecule has 0 amide bonds. The number of hydrogen-bond acceptors (Lipinski definition) is 2. The minimum atomic E-state index is -3.21. The van der Waals surface area contributed by atoms with E-state index in [0.717, 1.165) is 0 Å². The molecule has 6 heteroatoms. The lowest BCUT2D eigenvalue weighted by Gasteiger charge is -2.08. The number of para-hydroxylation sites is 1. The zero-order chi connectivity index (χ0) is 9.73. The van der Waals surface area contributed by atoms with Gasteiger partial charge in [-0.2, -0.15) is 0 Å². The van der Waals surface area contributed by atoms with Crippen molar-refractivity contribution < 1.29 is 9.09 Å². The van der Waals surface area contributed by atoms with Crippen LogP contribution >= 0.6 is 7.52 Å². The number of rotatable bonds is 3. The van der Waals surface area contributed by atoms with Crippen molar-refractivity contribution in [3.8, 4) is 5.75 Å². The van der Waals surface area contributed by atoms with Gasteiger partial charge in [-0.05, 0) is 17.7 Å². The van der Waals surface area contributed by atoms with Gasteiger partial charge in [0.25, 0.3) is 0 Å². The van der Waals surface area contributed by atoms with Crippen LogP contribution in [0.3, 0.4) is 0 Å². The average molecular weight is 197 g/mol. The maximum Gasteiger partial charge on any atom is 0.332 e. The van der Waals surface area contributed by atoms with Gasteiger partial charge < -0.3 is 4.52 Å². The Hall–Kier alpha value is -1.44. The van der Waals surface area contributed by atoms with E-state index in [0.29, 0.717) is 5.75 Å². The molecule has 0 N–H and O–H groups in total. The van der Waals surface area contributed by atoms with Crippen LogP contribution in [0.5, 0.6) is 5.75 Å². The highest BCUT2D eigenvalue weighted by Crippen LogP contribution is 2.44. The van der Waals surface area contributed by atoms with Crippen molar-refractivity contribution in [3.63, 3.8) is 0 Å². The predicted molar refractivity (Wildman–Crippen MR) is 49.7 cm³/mol. The van der Waals surface area contributed by atoms with E-state index in [-0.39, 0.29) is 0 Å². The first-order chi connectivity index (χ1) is 6.14. The Balaban J connectivity index is 2.81. The van der Waals surface area contributed by atoms with E-state index >= 15 is 0 Å². The van der Waals surface area contributed by atoms with Gasteiger partial charge in [-0.25, -0.2) is 0 Å². The lowest BCUT2D eigenvalue weighted by molar-refractivity contribution is 0.489. The van der Waals surface area contributed by atoms with Crippen LogP contribution in [0, 0.1) is 0 Å². The molecule has 0 heterocycles. The second-order valence-electron chi connectivity index (χ2n) is 2.39. The summed E-state index contributed by atoms with van der Waals surface area (Å²) in [7, 11) is -3.21. The van der Waals surface area contributed by atoms with Crippen LogP contribution in [0.2, 0.25) is 0 Å². The fourth-order valence-corrected chi connectivity index (χ4v) is 1.46. The van der Waals surface area contributed by atoms with Crippen LogP contribution in [-0.4, -0.2) is 6.66 Å². The van der Waals surface area contributed by atoms with Crippen molar-refractivity contribution in [2.45, 2.75) is 0 Å². The Morgan fingerprint density at radius 2 is 2.08 bits per heavy atom. The molecule has 1 aromatic carbocycles. The number of azide groups is 1. The quantitative estimate of drug-likeness (QED) is 0.323. The highest BCUT2D eigenvalue weighted by Gasteiger charge is 2.13. The lowest BCUT2D eigenvalue weighted by atomic mass is 10.3. The summed E-state index contributed by atoms with van der Waals surface area (Å²) in [6, 6.07) is 8.57. The van der Waals surface area contributed by atoms with Crippen LogP contribution < -0.4 is 4.52 Å². The zero-order valence-electron chi connectivity index (χ0n) is 6.99. The van der Waals surface area contributed by atoms with Crippen molar-refractivity contribution in [2.75, 3.05) is 6.66 Å². The first-order valence-corrected chi connectivity index (χ1v) is 5.55. The van der Waals surface area contributed by atoms with Gasteiger partial charge in [0.05, 0.1) is 0 Å². The largest absolute Gasteiger partial charge is 0.439 e. The van der Waals surface area contributed by atoms with Crippen LogP contribution in [0.25, 0.3) is 10.4 Å². The Kier molecular flexibility index (Phi) is 2.96. The molecule has 0 aliphatic heterocycles. The van der Waals surface area contributed by atoms with E-state index in [1.54, 1.807) is 30.3 Å². The lowest BCUT2D eigenvalue weighted by Crippen LogP contribution is -1.86. The number of benzene rings is 1. The topological polar surface area (TPSA) is 75.1 Å². The van der Waals surface area contributed by atoms with Gasteiger partial charge in [0.1, 0.15) is 5.75 Å². The molecule has 0 radical (unpaired) electrons. The minimum Gasteiger partial charge on any atom is -0.439 e. The van der Waals surface area contributed by atoms with Crippen molar-refractivity contribution in [2.24, 2.45) is 4.88 Å². The fraction of sp³-hybridized carbons (Fsp3) is 0.143. The van der Waals surface area contributed by atoms with Gasteiger partial charge in [-0.15, -0.1) is 0 Å². The van der Waals surface area contributed by atoms with Crippen molar-refractivity contribution >= 4 is 7.52 Å². The molecule has 5 nitrogen and oxygen atoms in total. The highest BCUT2D eigenvalue weighted by atomic mass is 31.2. The van der Waals surface area contributed by atoms with Gasteiger partial charge in [0.15, 0.2) is 0 Å². The van der Waals surface area contributed by atoms with Gasteiger partial charge in [0, 0.05) is 16.5 Å². The molecule has 1 atom stereocenters. The maximum atomic E-state index is 11.3. The van der Waals surface area contributed by atoms with Crippen LogP contribution in [0.1, 0.15) is 0 Å². The number of nitrogens with zero attached hydrogens (tertiary/aromatic N) is 3. The first kappa shape index (κ1) is 9.65. The molecule has 0 saturated heterocycles. The molecular weight excluding hydrogens is 189 g/mol. The first-order valence-electron chi connectivity index (χ1n) is 3.53. The Morgan fingerprint density at radius 3 is 2.62 bits per heavy atom. The second kappa shape index (κ2) is 3.99. The summed E-state index contributed by atoms with van der Waals surface area (Å²) in [5.41, 5.74) is 8.09. The average Bonchev–Trinajstić information content (AvgIpc) is 2.04. The summed E-state index contributed by atoms with van der Waals surface area (Å²) >= 11 is 0. The Morgan fingerprint density at radius 1 is 1.46 bits per heavy atom. The zero-order valence-corrected chi connectivity index (χ0v) is 7.89. The van der Waals surface area contributed by atoms with Gasteiger partial charge >= 0.3 is 7.52 Å². The smallest absolute Gasteiger partial charge is 0.332 e. The molecule has 0 saturated carbocycles. The van der Waals surface area contributed by atoms with Crippen LogP contribution in [-0.2, 0) is 4.57 Å². The summed E-state index contributed by atoms with van der Waals surface area (Å²) in [4.78, 5) is 5.51. The summed E-state index contributed by atoms with van der Waals surface area (Å²) in [5, 5.41) is 0. The van der Waals surface area contributed by atoms with E-state index < -0.39 is 7.52 Å². The van der Waals surface area contributed by atoms with E-state index in [9.17, 15) is 4.57 Å². The molecule has 0 spiro atoms. The van der Waals surface area contributed by atoms with E-state index in [2.05, 4.69) is 9.80 Å². The summed E-state index contributed by atoms with van der Waals surface area (Å²) in [6.45, 7) is 1.26. The molecule has 0 aromatic heterocycles. The summed E-state index contributed by atoms with van der Waals surface area (Å²) in [5.74, 6) is 0.431. The second-order valence-corrected chi connectivity index (χ2v) is 4.35. The van der Waals surface area contributed by atoms with E-state index in [4.69, 9.17) is 10.1 Å². The van der Waals surface area contributed by atoms with Crippen LogP contribution in [0.15, 0.2) is 35.2 Å². The van der Waals surface area contributed by atoms with Crippen LogP contribution in [0.4, 0.5) is 0 Å². The normalized spacial score (nSPS) is 13.9. The molecule has 1 unspecified atom stereocenters. The third-order valence-corrected chi connectivity index (χ3v) is 2.17. The number of hydrogen-bond donors (Lipinski definition) is 0. The maximum absolute atomic E-state index is 11.3. The fourth-order valence-electron chi connectivity index (χ4n) is 0.768. The molecule has 13 heavy (non-hydrogen) atoms. The molecule has 68 valence electrons. The predicted octanol–water partition coefficient (Wildman–Crippen LogP) is 3.20. The van der Waals surface area contributed by atoms with E-state index in [1.165, 1.54) is 6.66 Å². The van der Waals surface area contributed by atoms with Gasteiger partial charge in [-0.1, -0.05) is 18.2 Å². The Labute approximate surface area is 75.5 Å². The third-order valence-electron chi connectivity index (χ3n) is 1.22. The molecule has 1 aromatic rings. The molecule has 0 bridgehead atoms. The molecular formula is C7H8N3O2P. The van der Waals surface area contributed by atoms with Crippen molar-refractivity contribution in [1.29, 1.82) is 0 Å². The third kappa shape index (κ3) is 3.20. The summed E-state index contributed by atoms with van der Waals surface area (Å²) < 4.78 is 16.3. The highest BCUT2D eigenvalue weighted by molar-refractivity contribution is 7.56. The standard InChI is InChI=1S/C7H8N3O2P/c1-13(11,10-9-8)12-7-5-3-2-4-6-7/h2-6H,1H3. The van der Waals surface area contributed by atoms with Gasteiger partial charge in [-0.3, -0.25) is 4.57 Å². The molecule has 1 rings (SSSR count). The molecule has 0 aliphatic rings.